The summed E-state index contributed by atoms with van der Waals surface area (Å²) >= 11 is 0. The number of piperidine rings is 1. The summed E-state index contributed by atoms with van der Waals surface area (Å²) in [6, 6.07) is 11.6. The van der Waals surface area contributed by atoms with Crippen molar-refractivity contribution in [3.63, 3.8) is 0 Å². The number of hydrogen-bond donors (Lipinski definition) is 2. The third-order valence-electron chi connectivity index (χ3n) is 4.64. The van der Waals surface area contributed by atoms with Crippen LogP contribution in [0.15, 0.2) is 53.4 Å². The van der Waals surface area contributed by atoms with E-state index in [1.54, 1.807) is 18.2 Å². The lowest BCUT2D eigenvalue weighted by Crippen LogP contribution is -2.43. The molecule has 0 bridgehead atoms. The first-order valence-corrected chi connectivity index (χ1v) is 10.2. The zero-order valence-electron chi connectivity index (χ0n) is 15.0. The van der Waals surface area contributed by atoms with Gasteiger partial charge < -0.3 is 11.1 Å². The molecule has 0 aromatic heterocycles. The first-order chi connectivity index (χ1) is 13.3. The number of anilines is 1. The van der Waals surface area contributed by atoms with Crippen LogP contribution in [0.1, 0.15) is 23.2 Å². The average molecular weight is 405 g/mol. The van der Waals surface area contributed by atoms with E-state index in [0.717, 1.165) is 12.1 Å². The van der Waals surface area contributed by atoms with Crippen molar-refractivity contribution in [3.8, 4) is 0 Å². The van der Waals surface area contributed by atoms with E-state index in [2.05, 4.69) is 5.32 Å². The number of nitrogens with zero attached hydrogens (tertiary/aromatic N) is 1. The SMILES string of the molecule is NC(=O)c1cc(NC(=O)C2CCCN(S(=O)(=O)c3ccccc3)C2)ccc1F. The van der Waals surface area contributed by atoms with E-state index < -0.39 is 33.6 Å². The summed E-state index contributed by atoms with van der Waals surface area (Å²) in [6.07, 6.45) is 1.07. The van der Waals surface area contributed by atoms with Crippen LogP contribution in [0.3, 0.4) is 0 Å². The summed E-state index contributed by atoms with van der Waals surface area (Å²) in [5.41, 5.74) is 5.01. The zero-order valence-corrected chi connectivity index (χ0v) is 15.8. The number of amides is 2. The summed E-state index contributed by atoms with van der Waals surface area (Å²) in [5.74, 6) is -2.67. The highest BCUT2D eigenvalue weighted by Crippen LogP contribution is 2.25. The lowest BCUT2D eigenvalue weighted by atomic mass is 9.98. The van der Waals surface area contributed by atoms with Crippen LogP contribution in [0.5, 0.6) is 0 Å². The fourth-order valence-corrected chi connectivity index (χ4v) is 4.70. The van der Waals surface area contributed by atoms with E-state index in [4.69, 9.17) is 5.73 Å². The number of nitrogens with two attached hydrogens (primary N) is 1. The third kappa shape index (κ3) is 4.20. The number of hydrogen-bond acceptors (Lipinski definition) is 4. The molecule has 3 N–H and O–H groups in total. The van der Waals surface area contributed by atoms with E-state index in [9.17, 15) is 22.4 Å². The first kappa shape index (κ1) is 20.0. The van der Waals surface area contributed by atoms with Gasteiger partial charge in [-0.1, -0.05) is 18.2 Å². The lowest BCUT2D eigenvalue weighted by molar-refractivity contribution is -0.120. The molecular formula is C19H20FN3O4S. The predicted octanol–water partition coefficient (Wildman–Crippen LogP) is 1.96. The molecule has 2 amide bonds. The Balaban J connectivity index is 1.73. The molecule has 0 spiro atoms. The molecule has 1 heterocycles. The molecule has 0 radical (unpaired) electrons. The molecule has 2 aromatic carbocycles. The number of carbonyl (C=O) groups is 2. The highest BCUT2D eigenvalue weighted by molar-refractivity contribution is 7.89. The molecule has 1 aliphatic rings. The number of benzene rings is 2. The predicted molar refractivity (Wildman–Crippen MR) is 101 cm³/mol. The number of sulfonamides is 1. The second kappa shape index (κ2) is 8.07. The van der Waals surface area contributed by atoms with Gasteiger partial charge in [0.15, 0.2) is 0 Å². The van der Waals surface area contributed by atoms with Crippen LogP contribution < -0.4 is 11.1 Å². The molecule has 1 aliphatic heterocycles. The smallest absolute Gasteiger partial charge is 0.251 e. The highest BCUT2D eigenvalue weighted by atomic mass is 32.2. The molecule has 9 heteroatoms. The van der Waals surface area contributed by atoms with Crippen molar-refractivity contribution in [2.75, 3.05) is 18.4 Å². The quantitative estimate of drug-likeness (QED) is 0.792. The van der Waals surface area contributed by atoms with Crippen LogP contribution in [-0.2, 0) is 14.8 Å². The fourth-order valence-electron chi connectivity index (χ4n) is 3.15. The highest BCUT2D eigenvalue weighted by Gasteiger charge is 2.33. The molecule has 1 saturated heterocycles. The third-order valence-corrected chi connectivity index (χ3v) is 6.51. The maximum absolute atomic E-state index is 13.6. The van der Waals surface area contributed by atoms with Gasteiger partial charge in [-0.2, -0.15) is 4.31 Å². The number of halogens is 1. The van der Waals surface area contributed by atoms with Crippen LogP contribution >= 0.6 is 0 Å². The van der Waals surface area contributed by atoms with Gasteiger partial charge in [0, 0.05) is 18.8 Å². The summed E-state index contributed by atoms with van der Waals surface area (Å²) < 4.78 is 40.4. The molecule has 0 aliphatic carbocycles. The van der Waals surface area contributed by atoms with Gasteiger partial charge in [0.2, 0.25) is 15.9 Å². The Labute approximate surface area is 162 Å². The van der Waals surface area contributed by atoms with Gasteiger partial charge >= 0.3 is 0 Å². The standard InChI is InChI=1S/C19H20FN3O4S/c20-17-9-8-14(11-16(17)18(21)24)22-19(25)13-5-4-10-23(12-13)28(26,27)15-6-2-1-3-7-15/h1-3,6-9,11,13H,4-5,10,12H2,(H2,21,24)(H,22,25). The lowest BCUT2D eigenvalue weighted by Gasteiger charge is -2.31. The van der Waals surface area contributed by atoms with E-state index in [1.165, 1.54) is 22.5 Å². The number of nitrogens with one attached hydrogen (secondary N) is 1. The van der Waals surface area contributed by atoms with Crippen LogP contribution in [-0.4, -0.2) is 37.6 Å². The second-order valence-corrected chi connectivity index (χ2v) is 8.50. The number of rotatable bonds is 5. The summed E-state index contributed by atoms with van der Waals surface area (Å²) in [6.45, 7) is 0.385. The Kier molecular flexibility index (Phi) is 5.76. The Bertz CT molecular complexity index is 995. The zero-order chi connectivity index (χ0) is 20.3. The van der Waals surface area contributed by atoms with Gasteiger partial charge in [-0.25, -0.2) is 12.8 Å². The fraction of sp³-hybridized carbons (Fsp3) is 0.263. The molecule has 1 atom stereocenters. The van der Waals surface area contributed by atoms with Crippen molar-refractivity contribution in [1.82, 2.24) is 4.31 Å². The van der Waals surface area contributed by atoms with Crippen LogP contribution in [0.25, 0.3) is 0 Å². The van der Waals surface area contributed by atoms with E-state index >= 15 is 0 Å². The minimum absolute atomic E-state index is 0.0485. The van der Waals surface area contributed by atoms with E-state index in [-0.39, 0.29) is 22.7 Å². The number of primary amides is 1. The van der Waals surface area contributed by atoms with Crippen molar-refractivity contribution < 1.29 is 22.4 Å². The van der Waals surface area contributed by atoms with Crippen LogP contribution in [0, 0.1) is 11.7 Å². The monoisotopic (exact) mass is 405 g/mol. The first-order valence-electron chi connectivity index (χ1n) is 8.74. The van der Waals surface area contributed by atoms with Gasteiger partial charge in [0.1, 0.15) is 5.82 Å². The molecular weight excluding hydrogens is 385 g/mol. The molecule has 7 nitrogen and oxygen atoms in total. The minimum Gasteiger partial charge on any atom is -0.366 e. The molecule has 2 aromatic rings. The van der Waals surface area contributed by atoms with Crippen molar-refractivity contribution in [2.24, 2.45) is 11.7 Å². The Hall–Kier alpha value is -2.78. The Morgan fingerprint density at radius 2 is 1.86 bits per heavy atom. The van der Waals surface area contributed by atoms with Gasteiger partial charge in [-0.3, -0.25) is 9.59 Å². The van der Waals surface area contributed by atoms with Gasteiger partial charge in [-0.15, -0.1) is 0 Å². The maximum atomic E-state index is 13.6. The van der Waals surface area contributed by atoms with Crippen molar-refractivity contribution in [2.45, 2.75) is 17.7 Å². The summed E-state index contributed by atoms with van der Waals surface area (Å²) in [5, 5.41) is 2.61. The normalized spacial score (nSPS) is 17.8. The molecule has 1 fully saturated rings. The molecule has 148 valence electrons. The molecule has 1 unspecified atom stereocenters. The average Bonchev–Trinajstić information content (AvgIpc) is 2.70. The Morgan fingerprint density at radius 3 is 2.54 bits per heavy atom. The second-order valence-electron chi connectivity index (χ2n) is 6.56. The molecule has 0 saturated carbocycles. The van der Waals surface area contributed by atoms with Crippen LogP contribution in [0.4, 0.5) is 10.1 Å². The van der Waals surface area contributed by atoms with Gasteiger partial charge in [0.25, 0.3) is 5.91 Å². The van der Waals surface area contributed by atoms with Gasteiger partial charge in [-0.05, 0) is 43.2 Å². The topological polar surface area (TPSA) is 110 Å². The van der Waals surface area contributed by atoms with Crippen molar-refractivity contribution >= 4 is 27.5 Å². The van der Waals surface area contributed by atoms with E-state index in [1.807, 2.05) is 0 Å². The summed E-state index contributed by atoms with van der Waals surface area (Å²) in [7, 11) is -3.68. The summed E-state index contributed by atoms with van der Waals surface area (Å²) in [4.78, 5) is 24.0. The minimum atomic E-state index is -3.68. The maximum Gasteiger partial charge on any atom is 0.251 e. The van der Waals surface area contributed by atoms with Crippen LogP contribution in [0.2, 0.25) is 0 Å². The van der Waals surface area contributed by atoms with Crippen molar-refractivity contribution in [3.05, 3.63) is 59.9 Å². The Morgan fingerprint density at radius 1 is 1.14 bits per heavy atom. The van der Waals surface area contributed by atoms with Crippen molar-refractivity contribution in [1.29, 1.82) is 0 Å². The largest absolute Gasteiger partial charge is 0.366 e. The molecule has 28 heavy (non-hydrogen) atoms. The number of carbonyl (C=O) groups excluding carboxylic acids is 2. The van der Waals surface area contributed by atoms with E-state index in [0.29, 0.717) is 19.4 Å². The van der Waals surface area contributed by atoms with Gasteiger partial charge in [0.05, 0.1) is 16.4 Å². The molecule has 3 rings (SSSR count).